The standard InChI is InChI=1S/C11H17N5.ClH/c1-4-16-6-5-10(14-16)7-12-11-8-15(3)13-9(11)2;/h5-6,8,12H,4,7H2,1-3H3;1H. The largest absolute Gasteiger partial charge is 0.377 e. The molecule has 0 aliphatic carbocycles. The van der Waals surface area contributed by atoms with Gasteiger partial charge in [0.25, 0.3) is 0 Å². The van der Waals surface area contributed by atoms with Gasteiger partial charge < -0.3 is 5.32 Å². The summed E-state index contributed by atoms with van der Waals surface area (Å²) in [6, 6.07) is 2.03. The Morgan fingerprint density at radius 1 is 1.35 bits per heavy atom. The Bertz CT molecular complexity index is 474. The van der Waals surface area contributed by atoms with Crippen molar-refractivity contribution in [2.24, 2.45) is 7.05 Å². The predicted octanol–water partition coefficient (Wildman–Crippen LogP) is 1.98. The Morgan fingerprint density at radius 3 is 2.65 bits per heavy atom. The maximum Gasteiger partial charge on any atom is 0.0825 e. The minimum atomic E-state index is 0. The summed E-state index contributed by atoms with van der Waals surface area (Å²) in [5.41, 5.74) is 3.12. The van der Waals surface area contributed by atoms with Crippen LogP contribution < -0.4 is 5.32 Å². The van der Waals surface area contributed by atoms with Gasteiger partial charge in [0.2, 0.25) is 0 Å². The summed E-state index contributed by atoms with van der Waals surface area (Å²) in [5.74, 6) is 0. The Balaban J connectivity index is 0.00000144. The fourth-order valence-corrected chi connectivity index (χ4v) is 1.63. The molecule has 0 aromatic carbocycles. The number of aryl methyl sites for hydroxylation is 3. The van der Waals surface area contributed by atoms with Crippen LogP contribution in [0.3, 0.4) is 0 Å². The lowest BCUT2D eigenvalue weighted by molar-refractivity contribution is 0.649. The number of rotatable bonds is 4. The van der Waals surface area contributed by atoms with E-state index in [-0.39, 0.29) is 12.4 Å². The molecule has 2 aromatic heterocycles. The van der Waals surface area contributed by atoms with Gasteiger partial charge in [0.1, 0.15) is 0 Å². The smallest absolute Gasteiger partial charge is 0.0825 e. The van der Waals surface area contributed by atoms with E-state index < -0.39 is 0 Å². The fraction of sp³-hybridized carbons (Fsp3) is 0.455. The van der Waals surface area contributed by atoms with Crippen molar-refractivity contribution in [3.05, 3.63) is 29.8 Å². The molecule has 0 bridgehead atoms. The molecule has 2 heterocycles. The van der Waals surface area contributed by atoms with E-state index in [1.54, 1.807) is 0 Å². The van der Waals surface area contributed by atoms with Crippen LogP contribution in [-0.2, 0) is 20.1 Å². The van der Waals surface area contributed by atoms with E-state index in [2.05, 4.69) is 22.4 Å². The first kappa shape index (κ1) is 13.6. The van der Waals surface area contributed by atoms with Crippen molar-refractivity contribution in [1.29, 1.82) is 0 Å². The van der Waals surface area contributed by atoms with Crippen LogP contribution >= 0.6 is 12.4 Å². The average Bonchev–Trinajstić information content (AvgIpc) is 2.82. The summed E-state index contributed by atoms with van der Waals surface area (Å²) in [5, 5.41) is 12.0. The Morgan fingerprint density at radius 2 is 2.12 bits per heavy atom. The average molecular weight is 256 g/mol. The lowest BCUT2D eigenvalue weighted by Gasteiger charge is -2.01. The van der Waals surface area contributed by atoms with E-state index in [0.717, 1.165) is 30.2 Å². The molecule has 0 atom stereocenters. The maximum absolute atomic E-state index is 4.41. The highest BCUT2D eigenvalue weighted by molar-refractivity contribution is 5.85. The molecule has 0 spiro atoms. The molecule has 0 fully saturated rings. The van der Waals surface area contributed by atoms with E-state index in [1.165, 1.54) is 0 Å². The maximum atomic E-state index is 4.41. The SMILES string of the molecule is CCn1ccc(CNc2cn(C)nc2C)n1.Cl. The second kappa shape index (κ2) is 5.72. The molecule has 94 valence electrons. The van der Waals surface area contributed by atoms with Crippen LogP contribution in [-0.4, -0.2) is 19.6 Å². The molecule has 5 nitrogen and oxygen atoms in total. The van der Waals surface area contributed by atoms with Crippen molar-refractivity contribution in [2.75, 3.05) is 5.32 Å². The van der Waals surface area contributed by atoms with Gasteiger partial charge in [0, 0.05) is 26.0 Å². The third-order valence-corrected chi connectivity index (χ3v) is 2.49. The highest BCUT2D eigenvalue weighted by Crippen LogP contribution is 2.12. The number of anilines is 1. The summed E-state index contributed by atoms with van der Waals surface area (Å²) in [4.78, 5) is 0. The van der Waals surface area contributed by atoms with Crippen molar-refractivity contribution in [3.63, 3.8) is 0 Å². The molecule has 0 amide bonds. The molecule has 0 saturated carbocycles. The summed E-state index contributed by atoms with van der Waals surface area (Å²) < 4.78 is 3.73. The zero-order chi connectivity index (χ0) is 11.5. The van der Waals surface area contributed by atoms with Crippen LogP contribution in [0.25, 0.3) is 0 Å². The van der Waals surface area contributed by atoms with Crippen LogP contribution in [0.5, 0.6) is 0 Å². The second-order valence-corrected chi connectivity index (χ2v) is 3.82. The molecule has 2 aromatic rings. The van der Waals surface area contributed by atoms with Crippen LogP contribution in [0.4, 0.5) is 5.69 Å². The molecule has 1 N–H and O–H groups in total. The summed E-state index contributed by atoms with van der Waals surface area (Å²) >= 11 is 0. The monoisotopic (exact) mass is 255 g/mol. The number of hydrogen-bond donors (Lipinski definition) is 1. The first-order chi connectivity index (χ1) is 7.69. The van der Waals surface area contributed by atoms with Gasteiger partial charge in [-0.2, -0.15) is 10.2 Å². The Labute approximate surface area is 107 Å². The van der Waals surface area contributed by atoms with Gasteiger partial charge in [-0.25, -0.2) is 0 Å². The van der Waals surface area contributed by atoms with Crippen molar-refractivity contribution in [2.45, 2.75) is 26.9 Å². The van der Waals surface area contributed by atoms with Gasteiger partial charge in [-0.05, 0) is 19.9 Å². The summed E-state index contributed by atoms with van der Waals surface area (Å²) in [7, 11) is 1.92. The minimum Gasteiger partial charge on any atom is -0.377 e. The Kier molecular flexibility index (Phi) is 4.57. The zero-order valence-electron chi connectivity index (χ0n) is 10.3. The molecular formula is C11H18ClN5. The highest BCUT2D eigenvalue weighted by atomic mass is 35.5. The number of halogens is 1. The highest BCUT2D eigenvalue weighted by Gasteiger charge is 2.03. The van der Waals surface area contributed by atoms with Gasteiger partial charge in [0.05, 0.1) is 23.6 Å². The van der Waals surface area contributed by atoms with Gasteiger partial charge in [0.15, 0.2) is 0 Å². The van der Waals surface area contributed by atoms with Crippen molar-refractivity contribution in [1.82, 2.24) is 19.6 Å². The number of nitrogens with one attached hydrogen (secondary N) is 1. The number of hydrogen-bond acceptors (Lipinski definition) is 3. The quantitative estimate of drug-likeness (QED) is 0.909. The van der Waals surface area contributed by atoms with Gasteiger partial charge >= 0.3 is 0 Å². The third-order valence-electron chi connectivity index (χ3n) is 2.49. The minimum absolute atomic E-state index is 0. The fourth-order valence-electron chi connectivity index (χ4n) is 1.63. The normalized spacial score (nSPS) is 10.1. The van der Waals surface area contributed by atoms with Crippen molar-refractivity contribution < 1.29 is 0 Å². The van der Waals surface area contributed by atoms with E-state index in [0.29, 0.717) is 0 Å². The van der Waals surface area contributed by atoms with E-state index in [1.807, 2.05) is 41.8 Å². The van der Waals surface area contributed by atoms with Gasteiger partial charge in [-0.3, -0.25) is 9.36 Å². The second-order valence-electron chi connectivity index (χ2n) is 3.82. The molecule has 17 heavy (non-hydrogen) atoms. The lowest BCUT2D eigenvalue weighted by atomic mass is 10.3. The zero-order valence-corrected chi connectivity index (χ0v) is 11.2. The Hall–Kier alpha value is -1.49. The van der Waals surface area contributed by atoms with E-state index in [4.69, 9.17) is 0 Å². The molecule has 6 heteroatoms. The molecule has 0 unspecified atom stereocenters. The third kappa shape index (κ3) is 3.23. The first-order valence-electron chi connectivity index (χ1n) is 5.45. The first-order valence-corrected chi connectivity index (χ1v) is 5.45. The van der Waals surface area contributed by atoms with E-state index >= 15 is 0 Å². The molecule has 0 aliphatic rings. The summed E-state index contributed by atoms with van der Waals surface area (Å²) in [6.07, 6.45) is 3.97. The summed E-state index contributed by atoms with van der Waals surface area (Å²) in [6.45, 7) is 5.72. The molecule has 2 rings (SSSR count). The molecule has 0 radical (unpaired) electrons. The topological polar surface area (TPSA) is 47.7 Å². The van der Waals surface area contributed by atoms with E-state index in [9.17, 15) is 0 Å². The molecule has 0 saturated heterocycles. The van der Waals surface area contributed by atoms with Crippen molar-refractivity contribution >= 4 is 18.1 Å². The van der Waals surface area contributed by atoms with Crippen LogP contribution in [0.2, 0.25) is 0 Å². The van der Waals surface area contributed by atoms with Crippen LogP contribution in [0, 0.1) is 6.92 Å². The van der Waals surface area contributed by atoms with Crippen LogP contribution in [0.15, 0.2) is 18.5 Å². The van der Waals surface area contributed by atoms with Gasteiger partial charge in [-0.1, -0.05) is 0 Å². The number of nitrogens with zero attached hydrogens (tertiary/aromatic N) is 4. The lowest BCUT2D eigenvalue weighted by Crippen LogP contribution is -2.02. The number of aromatic nitrogens is 4. The van der Waals surface area contributed by atoms with Crippen molar-refractivity contribution in [3.8, 4) is 0 Å². The van der Waals surface area contributed by atoms with Gasteiger partial charge in [-0.15, -0.1) is 12.4 Å². The molecular weight excluding hydrogens is 238 g/mol. The molecule has 0 aliphatic heterocycles. The predicted molar refractivity (Wildman–Crippen MR) is 70.4 cm³/mol. The van der Waals surface area contributed by atoms with Crippen LogP contribution in [0.1, 0.15) is 18.3 Å².